The average Bonchev–Trinajstić information content (AvgIpc) is 2.91. The molecule has 2 rings (SSSR count). The largest absolute Gasteiger partial charge is 0.451 e. The van der Waals surface area contributed by atoms with E-state index in [1.165, 1.54) is 11.3 Å². The predicted molar refractivity (Wildman–Crippen MR) is 87.3 cm³/mol. The van der Waals surface area contributed by atoms with Crippen LogP contribution in [0.1, 0.15) is 33.1 Å². The van der Waals surface area contributed by atoms with E-state index in [1.54, 1.807) is 18.2 Å². The summed E-state index contributed by atoms with van der Waals surface area (Å²) < 4.78 is 5.00. The number of nitrogens with one attached hydrogen (secondary N) is 1. The van der Waals surface area contributed by atoms with Crippen LogP contribution < -0.4 is 5.32 Å². The highest BCUT2D eigenvalue weighted by Crippen LogP contribution is 2.18. The van der Waals surface area contributed by atoms with E-state index in [9.17, 15) is 9.59 Å². The monoisotopic (exact) mass is 337 g/mol. The molecule has 116 valence electrons. The molecule has 0 aliphatic carbocycles. The first-order chi connectivity index (χ1) is 10.5. The van der Waals surface area contributed by atoms with E-state index in [0.717, 1.165) is 10.4 Å². The molecule has 0 radical (unpaired) electrons. The maximum atomic E-state index is 11.8. The van der Waals surface area contributed by atoms with Crippen molar-refractivity contribution in [1.82, 2.24) is 5.32 Å². The lowest BCUT2D eigenvalue weighted by atomic mass is 10.1. The second-order valence-corrected chi connectivity index (χ2v) is 6.55. The highest BCUT2D eigenvalue weighted by atomic mass is 35.5. The first-order valence-electron chi connectivity index (χ1n) is 6.74. The molecule has 0 aliphatic heterocycles. The number of carbonyl (C=O) groups excluding carboxylic acids is 2. The lowest BCUT2D eigenvalue weighted by Crippen LogP contribution is -2.31. The smallest absolute Gasteiger partial charge is 0.348 e. The Hall–Kier alpha value is -1.85. The summed E-state index contributed by atoms with van der Waals surface area (Å²) in [5.41, 5.74) is 0.890. The fourth-order valence-corrected chi connectivity index (χ4v) is 2.85. The van der Waals surface area contributed by atoms with Gasteiger partial charge in [0.05, 0.1) is 6.04 Å². The number of benzene rings is 1. The number of rotatable bonds is 5. The Kier molecular flexibility index (Phi) is 5.57. The molecule has 1 atom stereocenters. The minimum Gasteiger partial charge on any atom is -0.451 e. The van der Waals surface area contributed by atoms with Crippen LogP contribution in [0, 0.1) is 6.92 Å². The van der Waals surface area contributed by atoms with Crippen LogP contribution in [-0.2, 0) is 9.53 Å². The van der Waals surface area contributed by atoms with Gasteiger partial charge < -0.3 is 10.1 Å². The summed E-state index contributed by atoms with van der Waals surface area (Å²) in [6.07, 6.45) is 0. The van der Waals surface area contributed by atoms with E-state index >= 15 is 0 Å². The fourth-order valence-electron chi connectivity index (χ4n) is 1.89. The summed E-state index contributed by atoms with van der Waals surface area (Å²) in [7, 11) is 0. The molecule has 4 nitrogen and oxygen atoms in total. The SMILES string of the molecule is Cc1ccc(C(=O)OCC(=O)NC(C)c2cccc(Cl)c2)s1. The molecule has 1 heterocycles. The van der Waals surface area contributed by atoms with Crippen molar-refractivity contribution in [2.24, 2.45) is 0 Å². The number of ether oxygens (including phenoxy) is 1. The highest BCUT2D eigenvalue weighted by Gasteiger charge is 2.14. The van der Waals surface area contributed by atoms with E-state index in [0.29, 0.717) is 9.90 Å². The molecule has 0 saturated heterocycles. The Labute approximate surface area is 138 Å². The maximum absolute atomic E-state index is 11.8. The molecule has 0 fully saturated rings. The molecule has 6 heteroatoms. The third kappa shape index (κ3) is 4.58. The van der Waals surface area contributed by atoms with Gasteiger partial charge in [-0.15, -0.1) is 11.3 Å². The van der Waals surface area contributed by atoms with E-state index in [1.807, 2.05) is 32.0 Å². The van der Waals surface area contributed by atoms with Gasteiger partial charge >= 0.3 is 5.97 Å². The van der Waals surface area contributed by atoms with E-state index < -0.39 is 5.97 Å². The van der Waals surface area contributed by atoms with Crippen LogP contribution in [0.5, 0.6) is 0 Å². The van der Waals surface area contributed by atoms with Crippen molar-refractivity contribution in [3.8, 4) is 0 Å². The fraction of sp³-hybridized carbons (Fsp3) is 0.250. The Morgan fingerprint density at radius 1 is 1.32 bits per heavy atom. The van der Waals surface area contributed by atoms with Crippen LogP contribution in [-0.4, -0.2) is 18.5 Å². The second-order valence-electron chi connectivity index (χ2n) is 4.83. The Morgan fingerprint density at radius 3 is 2.73 bits per heavy atom. The van der Waals surface area contributed by atoms with Crippen molar-refractivity contribution in [3.63, 3.8) is 0 Å². The van der Waals surface area contributed by atoms with Gasteiger partial charge in [-0.1, -0.05) is 23.7 Å². The normalized spacial score (nSPS) is 11.8. The highest BCUT2D eigenvalue weighted by molar-refractivity contribution is 7.13. The van der Waals surface area contributed by atoms with Crippen molar-refractivity contribution < 1.29 is 14.3 Å². The van der Waals surface area contributed by atoms with Gasteiger partial charge in [0.25, 0.3) is 5.91 Å². The van der Waals surface area contributed by atoms with E-state index in [4.69, 9.17) is 16.3 Å². The van der Waals surface area contributed by atoms with Crippen molar-refractivity contribution in [3.05, 3.63) is 56.7 Å². The van der Waals surface area contributed by atoms with Crippen molar-refractivity contribution in [1.29, 1.82) is 0 Å². The average molecular weight is 338 g/mol. The molecule has 2 aromatic rings. The van der Waals surface area contributed by atoms with Crippen LogP contribution in [0.4, 0.5) is 0 Å². The zero-order valence-electron chi connectivity index (χ0n) is 12.3. The van der Waals surface area contributed by atoms with E-state index in [-0.39, 0.29) is 18.6 Å². The summed E-state index contributed by atoms with van der Waals surface area (Å²) in [5.74, 6) is -0.835. The lowest BCUT2D eigenvalue weighted by molar-refractivity contribution is -0.124. The van der Waals surface area contributed by atoms with Gasteiger partial charge in [0.15, 0.2) is 6.61 Å². The molecular weight excluding hydrogens is 322 g/mol. The number of hydrogen-bond acceptors (Lipinski definition) is 4. The van der Waals surface area contributed by atoms with Gasteiger partial charge in [0, 0.05) is 9.90 Å². The zero-order chi connectivity index (χ0) is 16.1. The first kappa shape index (κ1) is 16.5. The molecule has 1 unspecified atom stereocenters. The van der Waals surface area contributed by atoms with Crippen LogP contribution in [0.15, 0.2) is 36.4 Å². The number of halogens is 1. The molecule has 1 N–H and O–H groups in total. The summed E-state index contributed by atoms with van der Waals surface area (Å²) in [6.45, 7) is 3.44. The predicted octanol–water partition coefficient (Wildman–Crippen LogP) is 3.74. The number of hydrogen-bond donors (Lipinski definition) is 1. The third-order valence-corrected chi connectivity index (χ3v) is 4.22. The van der Waals surface area contributed by atoms with Crippen molar-refractivity contribution in [2.75, 3.05) is 6.61 Å². The molecule has 0 aliphatic rings. The third-order valence-electron chi connectivity index (χ3n) is 3.00. The topological polar surface area (TPSA) is 55.4 Å². The molecule has 0 bridgehead atoms. The Balaban J connectivity index is 1.84. The van der Waals surface area contributed by atoms with Crippen LogP contribution in [0.3, 0.4) is 0 Å². The summed E-state index contributed by atoms with van der Waals surface area (Å²) in [6, 6.07) is 10.6. The Bertz CT molecular complexity index is 684. The van der Waals surface area contributed by atoms with Gasteiger partial charge in [-0.25, -0.2) is 4.79 Å². The Morgan fingerprint density at radius 2 is 2.09 bits per heavy atom. The van der Waals surface area contributed by atoms with Crippen molar-refractivity contribution in [2.45, 2.75) is 19.9 Å². The van der Waals surface area contributed by atoms with Crippen LogP contribution in [0.25, 0.3) is 0 Å². The zero-order valence-corrected chi connectivity index (χ0v) is 13.8. The second kappa shape index (κ2) is 7.42. The number of aryl methyl sites for hydroxylation is 1. The molecule has 1 aromatic carbocycles. The summed E-state index contributed by atoms with van der Waals surface area (Å²) >= 11 is 7.26. The molecule has 0 spiro atoms. The number of thiophene rings is 1. The number of carbonyl (C=O) groups is 2. The molecule has 22 heavy (non-hydrogen) atoms. The standard InChI is InChI=1S/C16H16ClNO3S/c1-10-6-7-14(22-10)16(20)21-9-15(19)18-11(2)12-4-3-5-13(17)8-12/h3-8,11H,9H2,1-2H3,(H,18,19). The number of esters is 1. The quantitative estimate of drug-likeness (QED) is 0.845. The molecule has 0 saturated carbocycles. The molecular formula is C16H16ClNO3S. The summed E-state index contributed by atoms with van der Waals surface area (Å²) in [4.78, 5) is 25.1. The van der Waals surface area contributed by atoms with Gasteiger partial charge in [-0.2, -0.15) is 0 Å². The lowest BCUT2D eigenvalue weighted by Gasteiger charge is -2.14. The first-order valence-corrected chi connectivity index (χ1v) is 7.93. The molecule has 1 amide bonds. The maximum Gasteiger partial charge on any atom is 0.348 e. The van der Waals surface area contributed by atoms with Crippen LogP contribution >= 0.6 is 22.9 Å². The summed E-state index contributed by atoms with van der Waals surface area (Å²) in [5, 5.41) is 3.37. The number of amides is 1. The van der Waals surface area contributed by atoms with Crippen molar-refractivity contribution >= 4 is 34.8 Å². The van der Waals surface area contributed by atoms with Gasteiger partial charge in [0.2, 0.25) is 0 Å². The minimum absolute atomic E-state index is 0.214. The van der Waals surface area contributed by atoms with Gasteiger partial charge in [-0.05, 0) is 43.7 Å². The van der Waals surface area contributed by atoms with Gasteiger partial charge in [-0.3, -0.25) is 4.79 Å². The van der Waals surface area contributed by atoms with Crippen LogP contribution in [0.2, 0.25) is 5.02 Å². The molecule has 1 aromatic heterocycles. The van der Waals surface area contributed by atoms with Gasteiger partial charge in [0.1, 0.15) is 4.88 Å². The van der Waals surface area contributed by atoms with E-state index in [2.05, 4.69) is 5.32 Å². The minimum atomic E-state index is -0.483.